The topological polar surface area (TPSA) is 87.3 Å². The number of carbonyl (C=O) groups is 3. The third-order valence-corrected chi connectivity index (χ3v) is 5.21. The molecule has 3 aromatic rings. The largest absolute Gasteiger partial charge is 0.351 e. The van der Waals surface area contributed by atoms with Gasteiger partial charge in [-0.05, 0) is 48.0 Å². The molecule has 0 unspecified atom stereocenters. The predicted molar refractivity (Wildman–Crippen MR) is 114 cm³/mol. The molecular formula is C22H20FN3O3S. The Morgan fingerprint density at radius 3 is 2.47 bits per heavy atom. The molecule has 3 amide bonds. The monoisotopic (exact) mass is 425 g/mol. The molecule has 0 aliphatic heterocycles. The van der Waals surface area contributed by atoms with Crippen LogP contribution in [0.25, 0.3) is 0 Å². The summed E-state index contributed by atoms with van der Waals surface area (Å²) in [5.41, 5.74) is 1.57. The standard InChI is InChI=1S/C22H20FN3O3S/c1-14(27)24-13-19-8-9-20(30-19)22(29)25-12-15-4-2-7-18(10-15)26-21(28)16-5-3-6-17(23)11-16/h2-11H,12-13H2,1H3,(H,24,27)(H,25,29)(H,26,28). The van der Waals surface area contributed by atoms with Crippen molar-refractivity contribution in [3.63, 3.8) is 0 Å². The zero-order valence-electron chi connectivity index (χ0n) is 16.2. The van der Waals surface area contributed by atoms with Crippen LogP contribution in [0.15, 0.2) is 60.7 Å². The molecule has 0 spiro atoms. The number of benzene rings is 2. The van der Waals surface area contributed by atoms with E-state index in [-0.39, 0.29) is 23.9 Å². The molecule has 0 fully saturated rings. The Labute approximate surface area is 177 Å². The lowest BCUT2D eigenvalue weighted by atomic mass is 10.1. The average Bonchev–Trinajstić information content (AvgIpc) is 3.20. The maximum atomic E-state index is 13.3. The van der Waals surface area contributed by atoms with Crippen LogP contribution in [0.1, 0.15) is 37.4 Å². The summed E-state index contributed by atoms with van der Waals surface area (Å²) in [7, 11) is 0. The van der Waals surface area contributed by atoms with E-state index in [1.54, 1.807) is 30.3 Å². The van der Waals surface area contributed by atoms with Crippen LogP contribution >= 0.6 is 11.3 Å². The number of halogens is 1. The maximum Gasteiger partial charge on any atom is 0.261 e. The minimum Gasteiger partial charge on any atom is -0.351 e. The molecule has 0 saturated heterocycles. The fourth-order valence-corrected chi connectivity index (χ4v) is 3.53. The van der Waals surface area contributed by atoms with Crippen molar-refractivity contribution >= 4 is 34.7 Å². The highest BCUT2D eigenvalue weighted by Crippen LogP contribution is 2.17. The number of rotatable bonds is 7. The third-order valence-electron chi connectivity index (χ3n) is 4.12. The summed E-state index contributed by atoms with van der Waals surface area (Å²) in [6.45, 7) is 2.11. The van der Waals surface area contributed by atoms with Gasteiger partial charge in [0.05, 0.1) is 11.4 Å². The van der Waals surface area contributed by atoms with Crippen molar-refractivity contribution < 1.29 is 18.8 Å². The van der Waals surface area contributed by atoms with E-state index in [9.17, 15) is 18.8 Å². The maximum absolute atomic E-state index is 13.3. The van der Waals surface area contributed by atoms with Crippen molar-refractivity contribution in [3.8, 4) is 0 Å². The SMILES string of the molecule is CC(=O)NCc1ccc(C(=O)NCc2cccc(NC(=O)c3cccc(F)c3)c2)s1. The number of thiophene rings is 1. The third kappa shape index (κ3) is 5.99. The summed E-state index contributed by atoms with van der Waals surface area (Å²) >= 11 is 1.31. The molecule has 0 bridgehead atoms. The van der Waals surface area contributed by atoms with E-state index in [4.69, 9.17) is 0 Å². The van der Waals surface area contributed by atoms with Crippen LogP contribution in [0.2, 0.25) is 0 Å². The van der Waals surface area contributed by atoms with E-state index in [0.717, 1.165) is 10.4 Å². The fourth-order valence-electron chi connectivity index (χ4n) is 2.67. The van der Waals surface area contributed by atoms with Gasteiger partial charge in [0.2, 0.25) is 5.91 Å². The molecule has 0 aliphatic rings. The first-order valence-electron chi connectivity index (χ1n) is 9.18. The molecule has 154 valence electrons. The Morgan fingerprint density at radius 2 is 1.70 bits per heavy atom. The molecule has 2 aromatic carbocycles. The van der Waals surface area contributed by atoms with Crippen LogP contribution in [0.5, 0.6) is 0 Å². The summed E-state index contributed by atoms with van der Waals surface area (Å²) in [4.78, 5) is 37.0. The smallest absolute Gasteiger partial charge is 0.261 e. The molecule has 0 atom stereocenters. The molecule has 6 nitrogen and oxygen atoms in total. The average molecular weight is 425 g/mol. The molecular weight excluding hydrogens is 405 g/mol. The highest BCUT2D eigenvalue weighted by Gasteiger charge is 2.10. The van der Waals surface area contributed by atoms with Crippen LogP contribution < -0.4 is 16.0 Å². The van der Waals surface area contributed by atoms with Gasteiger partial charge in [0.1, 0.15) is 5.82 Å². The van der Waals surface area contributed by atoms with Gasteiger partial charge in [0, 0.05) is 29.6 Å². The molecule has 1 aromatic heterocycles. The first-order chi connectivity index (χ1) is 14.4. The van der Waals surface area contributed by atoms with Crippen LogP contribution in [-0.4, -0.2) is 17.7 Å². The van der Waals surface area contributed by atoms with E-state index in [0.29, 0.717) is 17.1 Å². The molecule has 3 N–H and O–H groups in total. The van der Waals surface area contributed by atoms with Gasteiger partial charge in [-0.15, -0.1) is 11.3 Å². The zero-order chi connectivity index (χ0) is 21.5. The number of amides is 3. The lowest BCUT2D eigenvalue weighted by Crippen LogP contribution is -2.22. The van der Waals surface area contributed by atoms with Gasteiger partial charge in [-0.3, -0.25) is 14.4 Å². The summed E-state index contributed by atoms with van der Waals surface area (Å²) in [6.07, 6.45) is 0. The summed E-state index contributed by atoms with van der Waals surface area (Å²) in [6, 6.07) is 16.0. The molecule has 0 aliphatic carbocycles. The number of anilines is 1. The minimum absolute atomic E-state index is 0.126. The van der Waals surface area contributed by atoms with E-state index < -0.39 is 11.7 Å². The van der Waals surface area contributed by atoms with Crippen LogP contribution in [0.4, 0.5) is 10.1 Å². The number of nitrogens with one attached hydrogen (secondary N) is 3. The molecule has 3 rings (SSSR count). The first-order valence-corrected chi connectivity index (χ1v) is 9.99. The Hall–Kier alpha value is -3.52. The lowest BCUT2D eigenvalue weighted by molar-refractivity contribution is -0.119. The number of carbonyl (C=O) groups excluding carboxylic acids is 3. The molecule has 1 heterocycles. The van der Waals surface area contributed by atoms with Gasteiger partial charge in [0.25, 0.3) is 11.8 Å². The molecule has 0 saturated carbocycles. The zero-order valence-corrected chi connectivity index (χ0v) is 17.0. The highest BCUT2D eigenvalue weighted by molar-refractivity contribution is 7.14. The van der Waals surface area contributed by atoms with Crippen molar-refractivity contribution in [2.45, 2.75) is 20.0 Å². The number of hydrogen-bond acceptors (Lipinski definition) is 4. The van der Waals surface area contributed by atoms with Crippen molar-refractivity contribution in [2.24, 2.45) is 0 Å². The van der Waals surface area contributed by atoms with Crippen molar-refractivity contribution in [3.05, 3.63) is 87.4 Å². The van der Waals surface area contributed by atoms with Gasteiger partial charge in [0.15, 0.2) is 0 Å². The fraction of sp³-hybridized carbons (Fsp3) is 0.136. The Bertz CT molecular complexity index is 1080. The second-order valence-corrected chi connectivity index (χ2v) is 7.69. The van der Waals surface area contributed by atoms with Crippen molar-refractivity contribution in [2.75, 3.05) is 5.32 Å². The van der Waals surface area contributed by atoms with Gasteiger partial charge in [-0.2, -0.15) is 0 Å². The normalized spacial score (nSPS) is 10.3. The molecule has 0 radical (unpaired) electrons. The van der Waals surface area contributed by atoms with Crippen molar-refractivity contribution in [1.29, 1.82) is 0 Å². The Kier molecular flexibility index (Phi) is 6.92. The second-order valence-electron chi connectivity index (χ2n) is 6.52. The summed E-state index contributed by atoms with van der Waals surface area (Å²) in [5, 5.41) is 8.25. The summed E-state index contributed by atoms with van der Waals surface area (Å²) in [5.74, 6) is -1.24. The quantitative estimate of drug-likeness (QED) is 0.539. The van der Waals surface area contributed by atoms with E-state index >= 15 is 0 Å². The molecule has 8 heteroatoms. The van der Waals surface area contributed by atoms with E-state index in [2.05, 4.69) is 16.0 Å². The Balaban J connectivity index is 1.57. The van der Waals surface area contributed by atoms with Gasteiger partial charge in [-0.1, -0.05) is 18.2 Å². The Morgan fingerprint density at radius 1 is 0.900 bits per heavy atom. The van der Waals surface area contributed by atoms with Crippen LogP contribution in [0, 0.1) is 5.82 Å². The second kappa shape index (κ2) is 9.80. The van der Waals surface area contributed by atoms with Crippen LogP contribution in [0.3, 0.4) is 0 Å². The minimum atomic E-state index is -0.479. The van der Waals surface area contributed by atoms with Gasteiger partial charge in [-0.25, -0.2) is 4.39 Å². The van der Waals surface area contributed by atoms with E-state index in [1.165, 1.54) is 42.5 Å². The van der Waals surface area contributed by atoms with Gasteiger partial charge < -0.3 is 16.0 Å². The lowest BCUT2D eigenvalue weighted by Gasteiger charge is -2.08. The van der Waals surface area contributed by atoms with Crippen LogP contribution in [-0.2, 0) is 17.9 Å². The van der Waals surface area contributed by atoms with E-state index in [1.807, 2.05) is 6.07 Å². The highest BCUT2D eigenvalue weighted by atomic mass is 32.1. The van der Waals surface area contributed by atoms with Gasteiger partial charge >= 0.3 is 0 Å². The molecule has 30 heavy (non-hydrogen) atoms. The number of hydrogen-bond donors (Lipinski definition) is 3. The first kappa shape index (κ1) is 21.2. The van der Waals surface area contributed by atoms with Crippen molar-refractivity contribution in [1.82, 2.24) is 10.6 Å². The predicted octanol–water partition coefficient (Wildman–Crippen LogP) is 3.71. The summed E-state index contributed by atoms with van der Waals surface area (Å²) < 4.78 is 13.3.